The summed E-state index contributed by atoms with van der Waals surface area (Å²) in [4.78, 5) is 11.4. The van der Waals surface area contributed by atoms with Gasteiger partial charge in [-0.3, -0.25) is 4.68 Å². The number of nitrogen functional groups attached to an aromatic ring is 1. The highest BCUT2D eigenvalue weighted by molar-refractivity contribution is 5.95. The lowest BCUT2D eigenvalue weighted by molar-refractivity contribution is 0.0577. The number of piperidine rings is 1. The van der Waals surface area contributed by atoms with Crippen LogP contribution in [0.2, 0.25) is 0 Å². The van der Waals surface area contributed by atoms with E-state index in [9.17, 15) is 9.50 Å². The van der Waals surface area contributed by atoms with Crippen molar-refractivity contribution in [2.75, 3.05) is 30.8 Å². The molecule has 3 aromatic heterocycles. The van der Waals surface area contributed by atoms with Crippen LogP contribution in [0.4, 0.5) is 16.0 Å². The molecule has 180 valence electrons. The van der Waals surface area contributed by atoms with E-state index < -0.39 is 11.4 Å². The number of fused-ring (bicyclic) bond motifs is 3. The number of halogens is 1. The number of nitrogens with zero attached hydrogens (tertiary/aromatic N) is 7. The van der Waals surface area contributed by atoms with E-state index in [4.69, 9.17) is 15.5 Å². The molecule has 0 aliphatic carbocycles. The van der Waals surface area contributed by atoms with Gasteiger partial charge in [0.1, 0.15) is 17.1 Å². The van der Waals surface area contributed by atoms with Gasteiger partial charge in [0.25, 0.3) is 0 Å². The molecule has 4 aromatic rings. The molecule has 0 bridgehead atoms. The van der Waals surface area contributed by atoms with Crippen LogP contribution in [-0.2, 0) is 6.54 Å². The van der Waals surface area contributed by atoms with E-state index in [2.05, 4.69) is 20.1 Å². The highest BCUT2D eigenvalue weighted by Crippen LogP contribution is 2.33. The van der Waals surface area contributed by atoms with Crippen LogP contribution < -0.4 is 15.4 Å². The van der Waals surface area contributed by atoms with Crippen LogP contribution in [0.1, 0.15) is 44.1 Å². The van der Waals surface area contributed by atoms with Crippen LogP contribution in [0.15, 0.2) is 18.3 Å². The molecule has 34 heavy (non-hydrogen) atoms. The number of anilines is 2. The van der Waals surface area contributed by atoms with Crippen molar-refractivity contribution >= 4 is 28.2 Å². The quantitative estimate of drug-likeness (QED) is 0.459. The third-order valence-electron chi connectivity index (χ3n) is 6.16. The molecule has 0 spiro atoms. The number of methoxy groups -OCH3 is 1. The molecule has 1 fully saturated rings. The number of ether oxygens (including phenoxy) is 1. The van der Waals surface area contributed by atoms with E-state index in [-0.39, 0.29) is 11.9 Å². The van der Waals surface area contributed by atoms with Crippen molar-refractivity contribution in [2.45, 2.75) is 51.7 Å². The molecule has 1 atom stereocenters. The van der Waals surface area contributed by atoms with Crippen molar-refractivity contribution in [3.63, 3.8) is 0 Å². The van der Waals surface area contributed by atoms with E-state index in [1.165, 1.54) is 23.8 Å². The van der Waals surface area contributed by atoms with Crippen LogP contribution in [0, 0.1) is 12.7 Å². The smallest absolute Gasteiger partial charge is 0.223 e. The fourth-order valence-electron chi connectivity index (χ4n) is 4.71. The minimum Gasteiger partial charge on any atom is -0.494 e. The molecule has 0 unspecified atom stereocenters. The van der Waals surface area contributed by atoms with Crippen LogP contribution in [0.25, 0.3) is 16.6 Å². The zero-order valence-electron chi connectivity index (χ0n) is 19.8. The second kappa shape index (κ2) is 8.08. The van der Waals surface area contributed by atoms with Crippen molar-refractivity contribution in [2.24, 2.45) is 0 Å². The average Bonchev–Trinajstić information content (AvgIpc) is 3.37. The van der Waals surface area contributed by atoms with Crippen molar-refractivity contribution < 1.29 is 14.2 Å². The number of aliphatic hydroxyl groups is 1. The third-order valence-corrected chi connectivity index (χ3v) is 6.16. The summed E-state index contributed by atoms with van der Waals surface area (Å²) in [7, 11) is 1.47. The van der Waals surface area contributed by atoms with Gasteiger partial charge in [-0.25, -0.2) is 14.4 Å². The number of hydrogen-bond acceptors (Lipinski definition) is 8. The molecule has 0 saturated carbocycles. The van der Waals surface area contributed by atoms with E-state index in [0.717, 1.165) is 37.3 Å². The number of nitrogens with two attached hydrogens (primary N) is 1. The summed E-state index contributed by atoms with van der Waals surface area (Å²) in [6.45, 7) is 7.54. The van der Waals surface area contributed by atoms with Crippen LogP contribution in [0.3, 0.4) is 0 Å². The zero-order valence-corrected chi connectivity index (χ0v) is 19.8. The van der Waals surface area contributed by atoms with Gasteiger partial charge in [-0.15, -0.1) is 5.10 Å². The standard InChI is InChI=1S/C23H29FN8O2/c1-13-17(11-31(28-13)12-23(2,3)33)30-7-5-6-14(10-30)20-27-21-16-8-15(24)9-18(34-4)19(16)26-22(25)32(21)29-20/h8-9,11,14,33H,5-7,10,12H2,1-4H3,(H2,25,26)/t14-/m0/s1. The van der Waals surface area contributed by atoms with E-state index >= 15 is 0 Å². The second-order valence-electron chi connectivity index (χ2n) is 9.57. The predicted molar refractivity (Wildman–Crippen MR) is 127 cm³/mol. The van der Waals surface area contributed by atoms with Gasteiger partial charge in [-0.1, -0.05) is 0 Å². The van der Waals surface area contributed by atoms with Gasteiger partial charge in [0.15, 0.2) is 11.5 Å². The molecule has 0 amide bonds. The first-order chi connectivity index (χ1) is 16.1. The Kier molecular flexibility index (Phi) is 5.31. The number of rotatable bonds is 5. The Labute approximate surface area is 196 Å². The van der Waals surface area contributed by atoms with Gasteiger partial charge >= 0.3 is 0 Å². The van der Waals surface area contributed by atoms with Crippen molar-refractivity contribution in [3.8, 4) is 5.75 Å². The van der Waals surface area contributed by atoms with E-state index in [0.29, 0.717) is 34.7 Å². The number of hydrogen-bond donors (Lipinski definition) is 2. The molecule has 1 aliphatic heterocycles. The largest absolute Gasteiger partial charge is 0.494 e. The Morgan fingerprint density at radius 1 is 1.26 bits per heavy atom. The fourth-order valence-corrected chi connectivity index (χ4v) is 4.71. The topological polar surface area (TPSA) is 120 Å². The van der Waals surface area contributed by atoms with Crippen molar-refractivity contribution in [1.82, 2.24) is 29.4 Å². The molecule has 3 N–H and O–H groups in total. The first kappa shape index (κ1) is 22.3. The molecule has 1 aliphatic rings. The molecule has 0 radical (unpaired) electrons. The first-order valence-electron chi connectivity index (χ1n) is 11.3. The third kappa shape index (κ3) is 4.00. The van der Waals surface area contributed by atoms with Gasteiger partial charge in [0, 0.05) is 31.3 Å². The van der Waals surface area contributed by atoms with Gasteiger partial charge in [0.2, 0.25) is 5.95 Å². The minimum atomic E-state index is -0.848. The molecule has 1 aromatic carbocycles. The SMILES string of the molecule is COc1cc(F)cc2c1nc(N)n1nc([C@H]3CCCN(c4cn(CC(C)(C)O)nc4C)C3)nc21. The molecule has 11 heteroatoms. The molecule has 4 heterocycles. The molecule has 10 nitrogen and oxygen atoms in total. The molecular formula is C23H29FN8O2. The van der Waals surface area contributed by atoms with Gasteiger partial charge in [-0.05, 0) is 39.7 Å². The van der Waals surface area contributed by atoms with Crippen LogP contribution >= 0.6 is 0 Å². The maximum atomic E-state index is 14.2. The highest BCUT2D eigenvalue weighted by atomic mass is 19.1. The van der Waals surface area contributed by atoms with Crippen LogP contribution in [0.5, 0.6) is 5.75 Å². The Morgan fingerprint density at radius 2 is 2.06 bits per heavy atom. The Bertz CT molecular complexity index is 1370. The summed E-state index contributed by atoms with van der Waals surface area (Å²) in [6, 6.07) is 2.66. The van der Waals surface area contributed by atoms with Gasteiger partial charge in [0.05, 0.1) is 36.0 Å². The lowest BCUT2D eigenvalue weighted by Gasteiger charge is -2.32. The first-order valence-corrected chi connectivity index (χ1v) is 11.3. The van der Waals surface area contributed by atoms with Crippen molar-refractivity contribution in [3.05, 3.63) is 35.7 Å². The van der Waals surface area contributed by atoms with E-state index in [1.807, 2.05) is 13.1 Å². The monoisotopic (exact) mass is 468 g/mol. The van der Waals surface area contributed by atoms with Gasteiger partial charge in [-0.2, -0.15) is 9.61 Å². The summed E-state index contributed by atoms with van der Waals surface area (Å²) >= 11 is 0. The highest BCUT2D eigenvalue weighted by Gasteiger charge is 2.28. The normalized spacial score (nSPS) is 17.1. The maximum Gasteiger partial charge on any atom is 0.223 e. The summed E-state index contributed by atoms with van der Waals surface area (Å²) in [5.41, 5.74) is 8.19. The molecule has 5 rings (SSSR count). The van der Waals surface area contributed by atoms with E-state index in [1.54, 1.807) is 18.5 Å². The zero-order chi connectivity index (χ0) is 24.2. The Morgan fingerprint density at radius 3 is 2.79 bits per heavy atom. The summed E-state index contributed by atoms with van der Waals surface area (Å²) in [6.07, 6.45) is 3.87. The number of benzene rings is 1. The summed E-state index contributed by atoms with van der Waals surface area (Å²) < 4.78 is 22.8. The predicted octanol–water partition coefficient (Wildman–Crippen LogP) is 2.67. The Hall–Kier alpha value is -3.47. The molecule has 1 saturated heterocycles. The van der Waals surface area contributed by atoms with Crippen LogP contribution in [-0.4, -0.2) is 60.3 Å². The Balaban J connectivity index is 1.49. The summed E-state index contributed by atoms with van der Waals surface area (Å²) in [5.74, 6) is 0.745. The van der Waals surface area contributed by atoms with Gasteiger partial charge < -0.3 is 20.5 Å². The minimum absolute atomic E-state index is 0.0654. The number of aromatic nitrogens is 6. The fraction of sp³-hybridized carbons (Fsp3) is 0.478. The average molecular weight is 469 g/mol. The van der Waals surface area contributed by atoms with Crippen molar-refractivity contribution in [1.29, 1.82) is 0 Å². The second-order valence-corrected chi connectivity index (χ2v) is 9.57. The lowest BCUT2D eigenvalue weighted by Crippen LogP contribution is -2.35. The lowest BCUT2D eigenvalue weighted by atomic mass is 9.97. The maximum absolute atomic E-state index is 14.2. The summed E-state index contributed by atoms with van der Waals surface area (Å²) in [5, 5.41) is 19.9. The number of aryl methyl sites for hydroxylation is 1. The molecular weight excluding hydrogens is 439 g/mol.